The van der Waals surface area contributed by atoms with Gasteiger partial charge in [0.2, 0.25) is 15.9 Å². The van der Waals surface area contributed by atoms with Gasteiger partial charge in [-0.25, -0.2) is 8.42 Å². The predicted molar refractivity (Wildman–Crippen MR) is 166 cm³/mol. The Morgan fingerprint density at radius 3 is 2.52 bits per heavy atom. The van der Waals surface area contributed by atoms with Crippen molar-refractivity contribution in [3.8, 4) is 5.75 Å². The van der Waals surface area contributed by atoms with E-state index in [0.717, 1.165) is 49.1 Å². The molecule has 4 N–H and O–H groups in total. The van der Waals surface area contributed by atoms with Crippen LogP contribution in [-0.2, 0) is 21.2 Å². The summed E-state index contributed by atoms with van der Waals surface area (Å²) in [5.74, 6) is 0.455. The Bertz CT molecular complexity index is 1260. The highest BCUT2D eigenvalue weighted by molar-refractivity contribution is 7.89. The molecule has 232 valence electrons. The van der Waals surface area contributed by atoms with E-state index in [4.69, 9.17) is 4.74 Å². The van der Waals surface area contributed by atoms with E-state index in [1.165, 1.54) is 16.9 Å². The molecule has 9 nitrogen and oxygen atoms in total. The summed E-state index contributed by atoms with van der Waals surface area (Å²) in [7, 11) is -0.432. The summed E-state index contributed by atoms with van der Waals surface area (Å²) in [5.41, 5.74) is 3.36. The fraction of sp³-hybridized carbons (Fsp3) is 0.594. The number of aliphatic hydroxyl groups excluding tert-OH is 1. The molecule has 4 rings (SSSR count). The van der Waals surface area contributed by atoms with E-state index in [1.54, 1.807) is 7.11 Å². The van der Waals surface area contributed by atoms with Gasteiger partial charge in [-0.15, -0.1) is 0 Å². The van der Waals surface area contributed by atoms with Gasteiger partial charge in [0.25, 0.3) is 0 Å². The minimum atomic E-state index is -3.61. The number of aliphatic hydroxyl groups is 1. The van der Waals surface area contributed by atoms with E-state index in [1.807, 2.05) is 43.3 Å². The number of unbranched alkanes of at least 4 members (excludes halogenated alkanes) is 2. The molecule has 42 heavy (non-hydrogen) atoms. The molecule has 0 aromatic heterocycles. The number of methoxy groups -OCH3 is 1. The first-order valence-corrected chi connectivity index (χ1v) is 17.0. The number of amides is 1. The third-order valence-electron chi connectivity index (χ3n) is 8.66. The molecule has 2 unspecified atom stereocenters. The monoisotopic (exact) mass is 600 g/mol. The predicted octanol–water partition coefficient (Wildman–Crippen LogP) is 3.45. The molecule has 5 atom stereocenters. The van der Waals surface area contributed by atoms with Gasteiger partial charge in [0, 0.05) is 25.7 Å². The second-order valence-electron chi connectivity index (χ2n) is 11.6. The molecule has 2 aromatic rings. The van der Waals surface area contributed by atoms with E-state index in [0.29, 0.717) is 25.7 Å². The zero-order chi connectivity index (χ0) is 30.1. The molecule has 0 radical (unpaired) electrons. The fourth-order valence-electron chi connectivity index (χ4n) is 6.10. The van der Waals surface area contributed by atoms with Crippen molar-refractivity contribution in [2.45, 2.75) is 88.6 Å². The standard InChI is InChI=1S/C32H48N4O5S/c1-4-5-11-18-42(39,40)36(2)30-14-9-10-17-33-27-21-28(26-20-24(41-3)15-16-25(26)27)34-22-31(37)29(35-32(30)38)19-23-12-7-6-8-13-23/h6-8,12-13,15-16,20,27-31,33-34,37H,4-5,9-11,14,17-19,21-22H2,1-3H3,(H,35,38)/t27?,28?,29-,30-,31+/m0/s1. The van der Waals surface area contributed by atoms with Crippen LogP contribution in [0.4, 0.5) is 0 Å². The van der Waals surface area contributed by atoms with Gasteiger partial charge in [-0.3, -0.25) is 4.79 Å². The maximum atomic E-state index is 13.8. The molecule has 1 heterocycles. The maximum Gasteiger partial charge on any atom is 0.238 e. The normalized spacial score (nSPS) is 25.7. The van der Waals surface area contributed by atoms with Crippen molar-refractivity contribution < 1.29 is 23.1 Å². The molecule has 1 aliphatic heterocycles. The van der Waals surface area contributed by atoms with Gasteiger partial charge in [-0.05, 0) is 67.5 Å². The number of hydrogen-bond acceptors (Lipinski definition) is 7. The molecule has 0 saturated carbocycles. The van der Waals surface area contributed by atoms with Crippen molar-refractivity contribution in [3.05, 3.63) is 65.2 Å². The van der Waals surface area contributed by atoms with Gasteiger partial charge in [-0.1, -0.05) is 62.6 Å². The summed E-state index contributed by atoms with van der Waals surface area (Å²) in [6.07, 6.45) is 4.59. The molecule has 2 aromatic carbocycles. The summed E-state index contributed by atoms with van der Waals surface area (Å²) in [5, 5.41) is 21.8. The van der Waals surface area contributed by atoms with Crippen molar-refractivity contribution in [1.82, 2.24) is 20.3 Å². The van der Waals surface area contributed by atoms with Gasteiger partial charge in [-0.2, -0.15) is 4.31 Å². The topological polar surface area (TPSA) is 120 Å². The number of sulfonamides is 1. The molecule has 2 bridgehead atoms. The lowest BCUT2D eigenvalue weighted by Crippen LogP contribution is -2.55. The summed E-state index contributed by atoms with van der Waals surface area (Å²) in [6, 6.07) is 14.6. The van der Waals surface area contributed by atoms with Crippen molar-refractivity contribution in [2.24, 2.45) is 0 Å². The lowest BCUT2D eigenvalue weighted by atomic mass is 9.99. The fourth-order valence-corrected chi connectivity index (χ4v) is 7.55. The van der Waals surface area contributed by atoms with Crippen molar-refractivity contribution in [3.63, 3.8) is 0 Å². The lowest BCUT2D eigenvalue weighted by Gasteiger charge is -2.31. The Hall–Kier alpha value is -2.50. The SMILES string of the molecule is CCCCCS(=O)(=O)N(C)[C@H]1CCCCNC2CC(NC[C@@H](O)[C@H](Cc3ccccc3)NC1=O)c1cc(OC)ccc12. The second kappa shape index (κ2) is 15.3. The minimum Gasteiger partial charge on any atom is -0.497 e. The Morgan fingerprint density at radius 2 is 1.79 bits per heavy atom. The Balaban J connectivity index is 1.60. The third-order valence-corrected chi connectivity index (χ3v) is 10.6. The highest BCUT2D eigenvalue weighted by Crippen LogP contribution is 2.40. The number of nitrogens with one attached hydrogen (secondary N) is 3. The molecule has 1 aliphatic carbocycles. The molecule has 0 spiro atoms. The molecule has 1 fully saturated rings. The summed E-state index contributed by atoms with van der Waals surface area (Å²) in [6.45, 7) is 3.05. The Morgan fingerprint density at radius 1 is 1.02 bits per heavy atom. The summed E-state index contributed by atoms with van der Waals surface area (Å²) in [4.78, 5) is 13.8. The van der Waals surface area contributed by atoms with Gasteiger partial charge in [0.05, 0.1) is 25.0 Å². The van der Waals surface area contributed by atoms with Crippen LogP contribution in [-0.4, -0.2) is 74.9 Å². The van der Waals surface area contributed by atoms with Crippen molar-refractivity contribution in [1.29, 1.82) is 0 Å². The number of rotatable bonds is 9. The highest BCUT2D eigenvalue weighted by Gasteiger charge is 2.35. The van der Waals surface area contributed by atoms with E-state index in [2.05, 4.69) is 28.1 Å². The van der Waals surface area contributed by atoms with Crippen LogP contribution in [0, 0.1) is 0 Å². The number of ether oxygens (including phenoxy) is 1. The first-order valence-electron chi connectivity index (χ1n) is 15.4. The van der Waals surface area contributed by atoms with Crippen LogP contribution < -0.4 is 20.7 Å². The number of hydrogen-bond donors (Lipinski definition) is 4. The second-order valence-corrected chi connectivity index (χ2v) is 13.8. The number of carbonyl (C=O) groups is 1. The first-order chi connectivity index (χ1) is 20.2. The molecule has 1 amide bonds. The molecule has 2 aliphatic rings. The van der Waals surface area contributed by atoms with Gasteiger partial charge in [0.1, 0.15) is 11.8 Å². The molecular formula is C32H48N4O5S. The lowest BCUT2D eigenvalue weighted by molar-refractivity contribution is -0.126. The number of benzene rings is 2. The zero-order valence-corrected chi connectivity index (χ0v) is 26.0. The number of likely N-dealkylation sites (N-methyl/N-ethyl adjacent to an activating group) is 1. The Labute approximate surface area is 251 Å². The maximum absolute atomic E-state index is 13.8. The summed E-state index contributed by atoms with van der Waals surface area (Å²) >= 11 is 0. The first kappa shape index (κ1) is 32.4. The Kier molecular flexibility index (Phi) is 11.8. The average Bonchev–Trinajstić information content (AvgIpc) is 3.33. The highest BCUT2D eigenvalue weighted by atomic mass is 32.2. The average molecular weight is 601 g/mol. The van der Waals surface area contributed by atoms with Crippen LogP contribution in [0.2, 0.25) is 0 Å². The number of carbonyl (C=O) groups excluding carboxylic acids is 1. The van der Waals surface area contributed by atoms with E-state index < -0.39 is 28.2 Å². The summed E-state index contributed by atoms with van der Waals surface area (Å²) < 4.78 is 33.2. The van der Waals surface area contributed by atoms with Gasteiger partial charge in [0.15, 0.2) is 0 Å². The largest absolute Gasteiger partial charge is 0.497 e. The quantitative estimate of drug-likeness (QED) is 0.326. The van der Waals surface area contributed by atoms with Crippen LogP contribution in [0.5, 0.6) is 5.75 Å². The van der Waals surface area contributed by atoms with Gasteiger partial charge < -0.3 is 25.8 Å². The molecule has 10 heteroatoms. The zero-order valence-electron chi connectivity index (χ0n) is 25.2. The molecule has 1 saturated heterocycles. The molecular weight excluding hydrogens is 552 g/mol. The minimum absolute atomic E-state index is 0.0209. The van der Waals surface area contributed by atoms with Crippen LogP contribution in [0.3, 0.4) is 0 Å². The van der Waals surface area contributed by atoms with Crippen molar-refractivity contribution in [2.75, 3.05) is 33.0 Å². The van der Waals surface area contributed by atoms with E-state index >= 15 is 0 Å². The number of fused-ring (bicyclic) bond motifs is 5. The van der Waals surface area contributed by atoms with Crippen LogP contribution in [0.1, 0.15) is 80.6 Å². The number of nitrogens with zero attached hydrogens (tertiary/aromatic N) is 1. The third kappa shape index (κ3) is 8.32. The van der Waals surface area contributed by atoms with Crippen LogP contribution >= 0.6 is 0 Å². The smallest absolute Gasteiger partial charge is 0.238 e. The van der Waals surface area contributed by atoms with Crippen LogP contribution in [0.15, 0.2) is 48.5 Å². The number of β-amino-alcohol motifs (C(OH)–C–C–N with tert-alkyl or cyclic N) is 1. The van der Waals surface area contributed by atoms with Gasteiger partial charge >= 0.3 is 0 Å². The van der Waals surface area contributed by atoms with E-state index in [-0.39, 0.29) is 30.3 Å². The van der Waals surface area contributed by atoms with Crippen molar-refractivity contribution >= 4 is 15.9 Å². The van der Waals surface area contributed by atoms with Crippen LogP contribution in [0.25, 0.3) is 0 Å². The van der Waals surface area contributed by atoms with E-state index in [9.17, 15) is 18.3 Å².